The van der Waals surface area contributed by atoms with Gasteiger partial charge in [-0.1, -0.05) is 78.1 Å². The van der Waals surface area contributed by atoms with Gasteiger partial charge in [-0.05, 0) is 0 Å². The van der Waals surface area contributed by atoms with Crippen LogP contribution in [0.3, 0.4) is 0 Å². The van der Waals surface area contributed by atoms with Crippen LogP contribution in [0.1, 0.15) is 233 Å². The van der Waals surface area contributed by atoms with Gasteiger partial charge in [0.1, 0.15) is 0 Å². The van der Waals surface area contributed by atoms with E-state index in [1.807, 2.05) is 0 Å². The van der Waals surface area contributed by atoms with Gasteiger partial charge in [0.15, 0.2) is 0 Å². The molecule has 0 atom stereocenters. The first-order valence-electron chi connectivity index (χ1n) is 21.1. The Kier molecular flexibility index (Phi) is 29.8. The van der Waals surface area contributed by atoms with Crippen molar-refractivity contribution in [2.75, 3.05) is 0 Å². The first kappa shape index (κ1) is 44.5. The molecule has 1 aliphatic rings. The molecule has 276 valence electrons. The minimum absolute atomic E-state index is 0.294. The second-order valence-corrected chi connectivity index (χ2v) is 24.3. The maximum absolute atomic E-state index is 12.9. The van der Waals surface area contributed by atoms with Crippen molar-refractivity contribution in [3.05, 3.63) is 11.1 Å². The Labute approximate surface area is 298 Å². The fourth-order valence-electron chi connectivity index (χ4n) is 7.03. The van der Waals surface area contributed by atoms with Crippen LogP contribution in [0.25, 0.3) is 0 Å². The average Bonchev–Trinajstić information content (AvgIpc) is 3.14. The summed E-state index contributed by atoms with van der Waals surface area (Å²) < 4.78 is 14.0. The van der Waals surface area contributed by atoms with Crippen molar-refractivity contribution in [2.24, 2.45) is 0 Å². The number of unbranched alkanes of at least 4 members (excludes halogenated alkanes) is 30. The van der Waals surface area contributed by atoms with Gasteiger partial charge in [-0.2, -0.15) is 0 Å². The van der Waals surface area contributed by atoms with Crippen molar-refractivity contribution >= 4 is 31.1 Å². The molecule has 47 heavy (non-hydrogen) atoms. The topological polar surface area (TPSA) is 52.6 Å². The van der Waals surface area contributed by atoms with Crippen LogP contribution in [-0.2, 0) is 15.7 Å². The summed E-state index contributed by atoms with van der Waals surface area (Å²) in [6.07, 6.45) is 42.9. The molecule has 1 aliphatic heterocycles. The molecule has 0 fully saturated rings. The van der Waals surface area contributed by atoms with Crippen LogP contribution in [0.5, 0.6) is 0 Å². The van der Waals surface area contributed by atoms with E-state index in [0.29, 0.717) is 11.1 Å². The molecule has 1 rings (SSSR count). The Morgan fingerprint density at radius 3 is 0.745 bits per heavy atom. The van der Waals surface area contributed by atoms with Crippen molar-refractivity contribution in [1.29, 1.82) is 0 Å². The van der Waals surface area contributed by atoms with E-state index in [2.05, 4.69) is 13.8 Å². The van der Waals surface area contributed by atoms with E-state index in [1.165, 1.54) is 180 Å². The van der Waals surface area contributed by atoms with Gasteiger partial charge in [0.2, 0.25) is 0 Å². The third-order valence-corrected chi connectivity index (χ3v) is 20.1. The SMILES string of the molecule is CCCCCCCCCCCCCCCCC[CH2][Sn]1([CH2]CCCCCCCCCCCCCCCCC)[O]C(=O)C(C)=C(C)C(=O)[O]1. The molecular formula is C42H80O4Sn. The fourth-order valence-corrected chi connectivity index (χ4v) is 16.3. The molecule has 0 aromatic rings. The zero-order chi connectivity index (χ0) is 34.3. The van der Waals surface area contributed by atoms with Crippen molar-refractivity contribution in [3.63, 3.8) is 0 Å². The van der Waals surface area contributed by atoms with Gasteiger partial charge in [-0.3, -0.25) is 0 Å². The predicted molar refractivity (Wildman–Crippen MR) is 205 cm³/mol. The number of hydrogen-bond acceptors (Lipinski definition) is 4. The van der Waals surface area contributed by atoms with Crippen molar-refractivity contribution in [1.82, 2.24) is 0 Å². The summed E-state index contributed by atoms with van der Waals surface area (Å²) in [6.45, 7) is 8.00. The van der Waals surface area contributed by atoms with E-state index >= 15 is 0 Å². The molecule has 0 aromatic carbocycles. The molecule has 0 aromatic heterocycles. The standard InChI is InChI=1S/2C18H37.C6H8O4.Sn/c2*1-3-5-7-9-11-13-15-17-18-16-14-12-10-8-6-4-2;1-3(5(7)8)4(2)6(9)10;/h2*1,3-18H2,2H3;1-2H3,(H,7,8)(H,9,10);/q;;;+2/p-2. The molecule has 0 saturated heterocycles. The predicted octanol–water partition coefficient (Wildman–Crippen LogP) is 14.4. The Morgan fingerprint density at radius 1 is 0.340 bits per heavy atom. The monoisotopic (exact) mass is 769 g/mol. The Balaban J connectivity index is 2.19. The van der Waals surface area contributed by atoms with Gasteiger partial charge in [0, 0.05) is 0 Å². The van der Waals surface area contributed by atoms with Crippen LogP contribution in [0.4, 0.5) is 0 Å². The van der Waals surface area contributed by atoms with Gasteiger partial charge < -0.3 is 0 Å². The zero-order valence-corrected chi connectivity index (χ0v) is 35.0. The molecule has 0 N–H and O–H groups in total. The first-order chi connectivity index (χ1) is 23.0. The molecule has 0 amide bonds. The summed E-state index contributed by atoms with van der Waals surface area (Å²) in [7, 11) is 0. The Bertz CT molecular complexity index is 727. The first-order valence-corrected chi connectivity index (χ1v) is 27.5. The summed E-state index contributed by atoms with van der Waals surface area (Å²) in [4.78, 5) is 25.7. The number of rotatable bonds is 34. The quantitative estimate of drug-likeness (QED) is 0.0483. The normalized spacial score (nSPS) is 14.8. The van der Waals surface area contributed by atoms with E-state index in [0.717, 1.165) is 34.6 Å². The number of carbonyl (C=O) groups is 2. The number of carbonyl (C=O) groups excluding carboxylic acids is 2. The summed E-state index contributed by atoms with van der Waals surface area (Å²) in [5.41, 5.74) is 0.875. The molecule has 0 unspecified atom stereocenters. The molecule has 0 aliphatic carbocycles. The van der Waals surface area contributed by atoms with Gasteiger partial charge in [0.05, 0.1) is 0 Å². The van der Waals surface area contributed by atoms with Crippen LogP contribution < -0.4 is 0 Å². The second kappa shape index (κ2) is 31.5. The third kappa shape index (κ3) is 24.3. The summed E-state index contributed by atoms with van der Waals surface area (Å²) >= 11 is -3.82. The molecule has 0 radical (unpaired) electrons. The second-order valence-electron chi connectivity index (χ2n) is 15.0. The third-order valence-electron chi connectivity index (χ3n) is 10.6. The molecule has 0 spiro atoms. The zero-order valence-electron chi connectivity index (χ0n) is 32.2. The Morgan fingerprint density at radius 2 is 0.532 bits per heavy atom. The van der Waals surface area contributed by atoms with Crippen LogP contribution in [-0.4, -0.2) is 31.1 Å². The number of hydrogen-bond donors (Lipinski definition) is 0. The fraction of sp³-hybridized carbons (Fsp3) is 0.905. The van der Waals surface area contributed by atoms with Gasteiger partial charge in [-0.15, -0.1) is 0 Å². The molecule has 0 bridgehead atoms. The molecule has 4 nitrogen and oxygen atoms in total. The van der Waals surface area contributed by atoms with E-state index in [9.17, 15) is 9.59 Å². The van der Waals surface area contributed by atoms with Crippen LogP contribution >= 0.6 is 0 Å². The van der Waals surface area contributed by atoms with Crippen molar-refractivity contribution < 1.29 is 15.7 Å². The van der Waals surface area contributed by atoms with E-state index in [-0.39, 0.29) is 11.9 Å². The molecular weight excluding hydrogens is 687 g/mol. The van der Waals surface area contributed by atoms with E-state index in [1.54, 1.807) is 13.8 Å². The van der Waals surface area contributed by atoms with Gasteiger partial charge in [-0.25, -0.2) is 0 Å². The van der Waals surface area contributed by atoms with Crippen LogP contribution in [0.2, 0.25) is 8.87 Å². The molecule has 1 heterocycles. The van der Waals surface area contributed by atoms with Gasteiger partial charge >= 0.3 is 222 Å². The maximum atomic E-state index is 12.9. The molecule has 0 saturated carbocycles. The summed E-state index contributed by atoms with van der Waals surface area (Å²) in [6, 6.07) is 0. The van der Waals surface area contributed by atoms with E-state index < -0.39 is 19.2 Å². The van der Waals surface area contributed by atoms with E-state index in [4.69, 9.17) is 6.15 Å². The summed E-state index contributed by atoms with van der Waals surface area (Å²) in [5.74, 6) is -0.589. The van der Waals surface area contributed by atoms with Crippen LogP contribution in [0.15, 0.2) is 11.1 Å². The molecule has 5 heteroatoms. The average molecular weight is 768 g/mol. The summed E-state index contributed by atoms with van der Waals surface area (Å²) in [5, 5.41) is 0. The Hall–Kier alpha value is -0.521. The van der Waals surface area contributed by atoms with Crippen molar-refractivity contribution in [2.45, 2.75) is 242 Å². The van der Waals surface area contributed by atoms with Crippen molar-refractivity contribution in [3.8, 4) is 0 Å². The van der Waals surface area contributed by atoms with Gasteiger partial charge in [0.25, 0.3) is 0 Å². The minimum atomic E-state index is -3.82. The van der Waals surface area contributed by atoms with Crippen LogP contribution in [0, 0.1) is 0 Å².